The summed E-state index contributed by atoms with van der Waals surface area (Å²) in [6, 6.07) is 0. The van der Waals surface area contributed by atoms with E-state index in [4.69, 9.17) is 9.05 Å². The molecule has 1 atom stereocenters. The van der Waals surface area contributed by atoms with E-state index < -0.39 is 17.6 Å². The van der Waals surface area contributed by atoms with E-state index in [1.54, 1.807) is 0 Å². The van der Waals surface area contributed by atoms with Crippen LogP contribution in [-0.4, -0.2) is 35.7 Å². The summed E-state index contributed by atoms with van der Waals surface area (Å²) < 4.78 is 31.8. The van der Waals surface area contributed by atoms with Crippen LogP contribution in [-0.2, 0) is 24.4 Å². The highest BCUT2D eigenvalue weighted by Crippen LogP contribution is 2.59. The number of rotatable bonds is 7. The van der Waals surface area contributed by atoms with Gasteiger partial charge in [0.25, 0.3) is 0 Å². The fraction of sp³-hybridized carbons (Fsp3) is 1.00. The maximum absolute atomic E-state index is 11.4. The van der Waals surface area contributed by atoms with Gasteiger partial charge in [0, 0.05) is 42.3 Å². The van der Waals surface area contributed by atoms with Gasteiger partial charge in [-0.1, -0.05) is 6.92 Å². The molecule has 0 aromatic carbocycles. The van der Waals surface area contributed by atoms with Gasteiger partial charge in [-0.3, -0.25) is 4.21 Å². The van der Waals surface area contributed by atoms with Crippen molar-refractivity contribution in [2.75, 3.05) is 31.5 Å². The summed E-state index contributed by atoms with van der Waals surface area (Å²) in [5.74, 6) is 1.68. The van der Waals surface area contributed by atoms with Gasteiger partial charge in [-0.05, 0) is 11.4 Å². The molecule has 0 saturated heterocycles. The summed E-state index contributed by atoms with van der Waals surface area (Å²) in [7, 11) is 1.86. The van der Waals surface area contributed by atoms with E-state index in [-0.39, 0.29) is 0 Å². The summed E-state index contributed by atoms with van der Waals surface area (Å²) in [5.41, 5.74) is 0. The molecule has 0 radical (unpaired) electrons. The molecule has 4 nitrogen and oxygen atoms in total. The molecule has 0 aromatic heterocycles. The second kappa shape index (κ2) is 7.01. The molecular weight excluding hydrogens is 231 g/mol. The van der Waals surface area contributed by atoms with Crippen LogP contribution in [0.2, 0.25) is 0 Å². The molecule has 0 N–H and O–H groups in total. The zero-order valence-corrected chi connectivity index (χ0v) is 10.5. The van der Waals surface area contributed by atoms with E-state index in [9.17, 15) is 8.77 Å². The Hall–Kier alpha value is 0.650. The Morgan fingerprint density at radius 1 is 1.38 bits per heavy atom. The Bertz CT molecular complexity index is 201. The van der Waals surface area contributed by atoms with Crippen LogP contribution in [0.25, 0.3) is 0 Å². The van der Waals surface area contributed by atoms with Gasteiger partial charge in [0.2, 0.25) is 0 Å². The van der Waals surface area contributed by atoms with Gasteiger partial charge in [0.15, 0.2) is 0 Å². The van der Waals surface area contributed by atoms with Crippen molar-refractivity contribution in [1.82, 2.24) is 0 Å². The Morgan fingerprint density at radius 3 is 2.31 bits per heavy atom. The van der Waals surface area contributed by atoms with Crippen molar-refractivity contribution in [1.29, 1.82) is 0 Å². The van der Waals surface area contributed by atoms with Crippen LogP contribution in [0.5, 0.6) is 0 Å². The summed E-state index contributed by atoms with van der Waals surface area (Å²) in [5, 5.41) is 0. The quantitative estimate of drug-likeness (QED) is 0.642. The first-order chi connectivity index (χ1) is 6.08. The standard InChI is InChI=1S/C6H15O4PS2/c1-4-13(8)6-5-12-11(7,9-2)10-3/h4-6H2,1-3H3/t13-/m1/s1. The minimum Gasteiger partial charge on any atom is -0.304 e. The van der Waals surface area contributed by atoms with E-state index in [0.717, 1.165) is 11.4 Å². The molecule has 0 saturated carbocycles. The van der Waals surface area contributed by atoms with E-state index in [1.807, 2.05) is 6.92 Å². The first-order valence-electron chi connectivity index (χ1n) is 3.79. The van der Waals surface area contributed by atoms with Gasteiger partial charge in [-0.15, -0.1) is 0 Å². The third-order valence-corrected chi connectivity index (χ3v) is 6.88. The van der Waals surface area contributed by atoms with Crippen molar-refractivity contribution < 1.29 is 17.8 Å². The van der Waals surface area contributed by atoms with Gasteiger partial charge < -0.3 is 9.05 Å². The van der Waals surface area contributed by atoms with E-state index >= 15 is 0 Å². The molecule has 0 aliphatic heterocycles. The number of hydrogen-bond donors (Lipinski definition) is 0. The topological polar surface area (TPSA) is 52.6 Å². The van der Waals surface area contributed by atoms with Crippen LogP contribution in [0.1, 0.15) is 6.92 Å². The smallest absolute Gasteiger partial charge is 0.304 e. The molecule has 13 heavy (non-hydrogen) atoms. The van der Waals surface area contributed by atoms with Crippen LogP contribution >= 0.6 is 18.2 Å². The monoisotopic (exact) mass is 246 g/mol. The van der Waals surface area contributed by atoms with Crippen molar-refractivity contribution in [2.24, 2.45) is 0 Å². The third kappa shape index (κ3) is 5.86. The predicted molar refractivity (Wildman–Crippen MR) is 57.6 cm³/mol. The molecule has 0 spiro atoms. The lowest BCUT2D eigenvalue weighted by molar-refractivity contribution is 0.295. The molecule has 7 heteroatoms. The number of hydrogen-bond acceptors (Lipinski definition) is 5. The zero-order chi connectivity index (χ0) is 10.3. The van der Waals surface area contributed by atoms with Gasteiger partial charge >= 0.3 is 6.80 Å². The Kier molecular flexibility index (Phi) is 7.36. The Balaban J connectivity index is 3.74. The van der Waals surface area contributed by atoms with Crippen molar-refractivity contribution >= 4 is 29.0 Å². The first kappa shape index (κ1) is 13.7. The van der Waals surface area contributed by atoms with E-state index in [2.05, 4.69) is 0 Å². The fourth-order valence-electron chi connectivity index (χ4n) is 0.566. The summed E-state index contributed by atoms with van der Waals surface area (Å²) in [6.07, 6.45) is 0. The first-order valence-corrected chi connectivity index (χ1v) is 8.41. The molecule has 0 heterocycles. The maximum Gasteiger partial charge on any atom is 0.388 e. The van der Waals surface area contributed by atoms with Gasteiger partial charge in [-0.2, -0.15) is 0 Å². The van der Waals surface area contributed by atoms with Gasteiger partial charge in [0.05, 0.1) is 0 Å². The van der Waals surface area contributed by atoms with Crippen molar-refractivity contribution in [3.63, 3.8) is 0 Å². The highest BCUT2D eigenvalue weighted by atomic mass is 32.7. The summed E-state index contributed by atoms with van der Waals surface area (Å²) in [4.78, 5) is 0. The minimum atomic E-state index is -2.97. The van der Waals surface area contributed by atoms with Crippen LogP contribution in [0.15, 0.2) is 0 Å². The molecule has 0 bridgehead atoms. The average Bonchev–Trinajstić information content (AvgIpc) is 2.17. The lowest BCUT2D eigenvalue weighted by Crippen LogP contribution is -2.02. The molecule has 0 unspecified atom stereocenters. The van der Waals surface area contributed by atoms with Gasteiger partial charge in [-0.25, -0.2) is 4.57 Å². The zero-order valence-electron chi connectivity index (χ0n) is 8.02. The average molecular weight is 246 g/mol. The molecule has 0 rings (SSSR count). The van der Waals surface area contributed by atoms with E-state index in [0.29, 0.717) is 17.3 Å². The van der Waals surface area contributed by atoms with E-state index in [1.165, 1.54) is 14.2 Å². The summed E-state index contributed by atoms with van der Waals surface area (Å²) >= 11 is 1.09. The van der Waals surface area contributed by atoms with Crippen LogP contribution in [0.3, 0.4) is 0 Å². The highest BCUT2D eigenvalue weighted by molar-refractivity contribution is 8.55. The molecule has 0 aliphatic rings. The Morgan fingerprint density at radius 2 is 1.92 bits per heavy atom. The third-order valence-electron chi connectivity index (χ3n) is 1.33. The molecule has 0 fully saturated rings. The Labute approximate surface area is 85.5 Å². The maximum atomic E-state index is 11.4. The van der Waals surface area contributed by atoms with Crippen LogP contribution < -0.4 is 0 Å². The molecule has 0 aromatic rings. The minimum absolute atomic E-state index is 0.526. The van der Waals surface area contributed by atoms with Crippen LogP contribution in [0, 0.1) is 0 Å². The second-order valence-corrected chi connectivity index (χ2v) is 8.35. The van der Waals surface area contributed by atoms with Gasteiger partial charge in [0.1, 0.15) is 0 Å². The normalized spacial score (nSPS) is 14.4. The van der Waals surface area contributed by atoms with Crippen LogP contribution in [0.4, 0.5) is 0 Å². The lowest BCUT2D eigenvalue weighted by Gasteiger charge is -2.11. The predicted octanol–water partition coefficient (Wildman–Crippen LogP) is 1.89. The largest absolute Gasteiger partial charge is 0.388 e. The molecule has 0 aliphatic carbocycles. The van der Waals surface area contributed by atoms with Crippen molar-refractivity contribution in [3.05, 3.63) is 0 Å². The lowest BCUT2D eigenvalue weighted by atomic mass is 10.9. The second-order valence-electron chi connectivity index (χ2n) is 2.08. The summed E-state index contributed by atoms with van der Waals surface area (Å²) in [6.45, 7) is -1.11. The van der Waals surface area contributed by atoms with Crippen molar-refractivity contribution in [3.8, 4) is 0 Å². The fourth-order valence-corrected chi connectivity index (χ4v) is 4.45. The SMILES string of the molecule is CC[S@@](=O)CCSP(=O)(OC)OC. The molecular formula is C6H15O4PS2. The molecule has 80 valence electrons. The highest BCUT2D eigenvalue weighted by Gasteiger charge is 2.21. The molecule has 0 amide bonds. The van der Waals surface area contributed by atoms with Crippen molar-refractivity contribution in [2.45, 2.75) is 6.92 Å².